The Hall–Kier alpha value is -2.41. The van der Waals surface area contributed by atoms with Gasteiger partial charge in [0.25, 0.3) is 11.8 Å². The van der Waals surface area contributed by atoms with Crippen LogP contribution in [0.4, 0.5) is 4.79 Å². The number of imide groups is 1. The van der Waals surface area contributed by atoms with E-state index in [1.165, 1.54) is 11.1 Å². The lowest BCUT2D eigenvalue weighted by Crippen LogP contribution is -2.51. The van der Waals surface area contributed by atoms with Gasteiger partial charge in [-0.3, -0.25) is 19.9 Å². The summed E-state index contributed by atoms with van der Waals surface area (Å²) >= 11 is 0. The molecule has 2 N–H and O–H groups in total. The Morgan fingerprint density at radius 1 is 1.38 bits per heavy atom. The Balaban J connectivity index is 1.64. The summed E-state index contributed by atoms with van der Waals surface area (Å²) in [4.78, 5) is 38.8. The number of nitrogens with zero attached hydrogens (tertiary/aromatic N) is 2. The van der Waals surface area contributed by atoms with Crippen molar-refractivity contribution in [2.45, 2.75) is 51.1 Å². The average Bonchev–Trinajstić information content (AvgIpc) is 2.85. The summed E-state index contributed by atoms with van der Waals surface area (Å²) in [6.45, 7) is 3.58. The molecule has 0 radical (unpaired) electrons. The zero-order valence-corrected chi connectivity index (χ0v) is 15.5. The molecule has 0 aromatic heterocycles. The van der Waals surface area contributed by atoms with Gasteiger partial charge >= 0.3 is 6.03 Å². The summed E-state index contributed by atoms with van der Waals surface area (Å²) in [6, 6.07) is 7.87. The van der Waals surface area contributed by atoms with E-state index in [0.717, 1.165) is 24.3 Å². The van der Waals surface area contributed by atoms with E-state index in [-0.39, 0.29) is 18.5 Å². The third-order valence-corrected chi connectivity index (χ3v) is 5.47. The van der Waals surface area contributed by atoms with E-state index in [1.807, 2.05) is 31.0 Å². The molecule has 1 heterocycles. The van der Waals surface area contributed by atoms with Crippen molar-refractivity contribution >= 4 is 17.8 Å². The Bertz CT molecular complexity index is 735. The van der Waals surface area contributed by atoms with E-state index in [2.05, 4.69) is 22.9 Å². The highest BCUT2D eigenvalue weighted by Gasteiger charge is 2.47. The third-order valence-electron chi connectivity index (χ3n) is 5.47. The number of carbonyl (C=O) groups excluding carboxylic acids is 3. The number of urea groups is 1. The van der Waals surface area contributed by atoms with Crippen LogP contribution < -0.4 is 10.7 Å². The molecule has 1 fully saturated rings. The summed E-state index contributed by atoms with van der Waals surface area (Å²) in [5.41, 5.74) is 4.07. The van der Waals surface area contributed by atoms with Gasteiger partial charge in [0, 0.05) is 6.04 Å². The normalized spacial score (nSPS) is 25.2. The molecular weight excluding hydrogens is 332 g/mol. The standard InChI is InChI=1S/C19H26N4O3/c1-4-19(2)17(25)23(18(26)20-19)21-16(24)12-22(3)15-11-7-9-13-8-5-6-10-14(13)15/h5-6,8,10,15H,4,7,9,11-12H2,1-3H3,(H,20,26)(H,21,24). The van der Waals surface area contributed by atoms with Crippen LogP contribution in [0, 0.1) is 0 Å². The van der Waals surface area contributed by atoms with Gasteiger partial charge < -0.3 is 5.32 Å². The fourth-order valence-corrected chi connectivity index (χ4v) is 3.71. The van der Waals surface area contributed by atoms with E-state index in [9.17, 15) is 14.4 Å². The lowest BCUT2D eigenvalue weighted by atomic mass is 9.87. The van der Waals surface area contributed by atoms with Crippen LogP contribution in [0.3, 0.4) is 0 Å². The summed E-state index contributed by atoms with van der Waals surface area (Å²) < 4.78 is 0. The highest BCUT2D eigenvalue weighted by Crippen LogP contribution is 2.33. The van der Waals surface area contributed by atoms with Crippen LogP contribution in [0.15, 0.2) is 24.3 Å². The number of amides is 4. The first kappa shape index (κ1) is 18.4. The number of benzene rings is 1. The molecule has 1 aromatic rings. The number of rotatable bonds is 5. The first-order valence-corrected chi connectivity index (χ1v) is 9.10. The Morgan fingerprint density at radius 2 is 2.12 bits per heavy atom. The quantitative estimate of drug-likeness (QED) is 0.786. The monoisotopic (exact) mass is 358 g/mol. The van der Waals surface area contributed by atoms with Crippen LogP contribution in [0.1, 0.15) is 50.3 Å². The van der Waals surface area contributed by atoms with E-state index in [1.54, 1.807) is 6.92 Å². The van der Waals surface area contributed by atoms with E-state index < -0.39 is 17.5 Å². The second-order valence-electron chi connectivity index (χ2n) is 7.31. The second kappa shape index (κ2) is 7.07. The third kappa shape index (κ3) is 3.31. The molecule has 4 amide bonds. The molecule has 0 saturated carbocycles. The molecule has 7 nitrogen and oxygen atoms in total. The van der Waals surface area contributed by atoms with E-state index in [4.69, 9.17) is 0 Å². The zero-order valence-electron chi connectivity index (χ0n) is 15.5. The highest BCUT2D eigenvalue weighted by molar-refractivity contribution is 6.07. The SMILES string of the molecule is CCC1(C)NC(=O)N(NC(=O)CN(C)C2CCCc3ccccc32)C1=O. The molecule has 3 rings (SSSR count). The molecule has 1 aromatic carbocycles. The van der Waals surface area contributed by atoms with Crippen LogP contribution in [-0.4, -0.2) is 46.9 Å². The fourth-order valence-electron chi connectivity index (χ4n) is 3.71. The molecule has 26 heavy (non-hydrogen) atoms. The van der Waals surface area contributed by atoms with Gasteiger partial charge in [-0.25, -0.2) is 4.79 Å². The number of hydrazine groups is 1. The van der Waals surface area contributed by atoms with Crippen molar-refractivity contribution in [3.05, 3.63) is 35.4 Å². The lowest BCUT2D eigenvalue weighted by Gasteiger charge is -2.33. The Labute approximate surface area is 153 Å². The van der Waals surface area contributed by atoms with Crippen LogP contribution >= 0.6 is 0 Å². The van der Waals surface area contributed by atoms with Crippen LogP contribution in [-0.2, 0) is 16.0 Å². The number of carbonyl (C=O) groups is 3. The number of hydrogen-bond donors (Lipinski definition) is 2. The summed E-state index contributed by atoms with van der Waals surface area (Å²) in [5, 5.41) is 3.42. The summed E-state index contributed by atoms with van der Waals surface area (Å²) in [6.07, 6.45) is 3.58. The highest BCUT2D eigenvalue weighted by atomic mass is 16.2. The average molecular weight is 358 g/mol. The summed E-state index contributed by atoms with van der Waals surface area (Å²) in [5.74, 6) is -0.802. The number of fused-ring (bicyclic) bond motifs is 1. The van der Waals surface area contributed by atoms with Gasteiger partial charge in [0.15, 0.2) is 0 Å². The van der Waals surface area contributed by atoms with E-state index in [0.29, 0.717) is 6.42 Å². The first-order valence-electron chi connectivity index (χ1n) is 9.10. The number of aryl methyl sites for hydroxylation is 1. The predicted octanol–water partition coefficient (Wildman–Crippen LogP) is 1.75. The molecule has 1 aliphatic heterocycles. The zero-order chi connectivity index (χ0) is 18.9. The fraction of sp³-hybridized carbons (Fsp3) is 0.526. The van der Waals surface area contributed by atoms with Crippen molar-refractivity contribution in [2.75, 3.05) is 13.6 Å². The van der Waals surface area contributed by atoms with Gasteiger partial charge in [-0.15, -0.1) is 0 Å². The Morgan fingerprint density at radius 3 is 2.81 bits per heavy atom. The smallest absolute Gasteiger partial charge is 0.322 e. The van der Waals surface area contributed by atoms with Crippen molar-refractivity contribution in [3.63, 3.8) is 0 Å². The number of nitrogens with one attached hydrogen (secondary N) is 2. The molecule has 2 aliphatic rings. The van der Waals surface area contributed by atoms with Crippen LogP contribution in [0.25, 0.3) is 0 Å². The first-order chi connectivity index (χ1) is 12.4. The number of hydrogen-bond acceptors (Lipinski definition) is 4. The maximum absolute atomic E-state index is 12.4. The molecule has 1 aliphatic carbocycles. The molecule has 1 saturated heterocycles. The van der Waals surface area contributed by atoms with Gasteiger partial charge in [0.05, 0.1) is 6.54 Å². The number of likely N-dealkylation sites (N-methyl/N-ethyl adjacent to an activating group) is 1. The van der Waals surface area contributed by atoms with Gasteiger partial charge in [-0.1, -0.05) is 31.2 Å². The van der Waals surface area contributed by atoms with Crippen molar-refractivity contribution in [1.82, 2.24) is 20.7 Å². The topological polar surface area (TPSA) is 81.8 Å². The van der Waals surface area contributed by atoms with Crippen LogP contribution in [0.5, 0.6) is 0 Å². The molecule has 7 heteroatoms. The minimum absolute atomic E-state index is 0.110. The van der Waals surface area contributed by atoms with Crippen LogP contribution in [0.2, 0.25) is 0 Å². The van der Waals surface area contributed by atoms with Gasteiger partial charge in [-0.05, 0) is 50.8 Å². The minimum Gasteiger partial charge on any atom is -0.322 e. The maximum Gasteiger partial charge on any atom is 0.344 e. The van der Waals surface area contributed by atoms with Crippen molar-refractivity contribution in [1.29, 1.82) is 0 Å². The Kier molecular flexibility index (Phi) is 5.00. The maximum atomic E-state index is 12.4. The molecule has 0 spiro atoms. The molecular formula is C19H26N4O3. The van der Waals surface area contributed by atoms with Gasteiger partial charge in [-0.2, -0.15) is 5.01 Å². The van der Waals surface area contributed by atoms with Gasteiger partial charge in [0.2, 0.25) is 0 Å². The van der Waals surface area contributed by atoms with Crippen molar-refractivity contribution in [2.24, 2.45) is 0 Å². The molecule has 2 atom stereocenters. The van der Waals surface area contributed by atoms with Crippen molar-refractivity contribution < 1.29 is 14.4 Å². The van der Waals surface area contributed by atoms with Crippen molar-refractivity contribution in [3.8, 4) is 0 Å². The van der Waals surface area contributed by atoms with Gasteiger partial charge in [0.1, 0.15) is 5.54 Å². The second-order valence-corrected chi connectivity index (χ2v) is 7.31. The minimum atomic E-state index is -0.960. The lowest BCUT2D eigenvalue weighted by molar-refractivity contribution is -0.139. The molecule has 140 valence electrons. The van der Waals surface area contributed by atoms with E-state index >= 15 is 0 Å². The summed E-state index contributed by atoms with van der Waals surface area (Å²) in [7, 11) is 1.90. The largest absolute Gasteiger partial charge is 0.344 e. The predicted molar refractivity (Wildman–Crippen MR) is 97.0 cm³/mol. The molecule has 0 bridgehead atoms. The molecule has 2 unspecified atom stereocenters.